The van der Waals surface area contributed by atoms with Gasteiger partial charge in [-0.2, -0.15) is 0 Å². The molecule has 1 unspecified atom stereocenters. The summed E-state index contributed by atoms with van der Waals surface area (Å²) in [7, 11) is 1.75. The summed E-state index contributed by atoms with van der Waals surface area (Å²) in [5.41, 5.74) is 2.53. The number of para-hydroxylation sites is 2. The number of nitrogens with zero attached hydrogens (tertiary/aromatic N) is 3. The van der Waals surface area contributed by atoms with E-state index in [1.54, 1.807) is 10.7 Å². The monoisotopic (exact) mass is 669 g/mol. The molecule has 1 amide bonds. The van der Waals surface area contributed by atoms with Gasteiger partial charge in [0.2, 0.25) is 0 Å². The minimum absolute atomic E-state index is 0.234. The number of anilines is 1. The number of piperazine rings is 1. The van der Waals surface area contributed by atoms with Crippen molar-refractivity contribution in [3.63, 3.8) is 0 Å². The summed E-state index contributed by atoms with van der Waals surface area (Å²) in [6.45, 7) is 12.8. The number of benzene rings is 2. The summed E-state index contributed by atoms with van der Waals surface area (Å²) in [6, 6.07) is 18.4. The molecule has 226 valence electrons. The van der Waals surface area contributed by atoms with Crippen LogP contribution in [0.15, 0.2) is 48.5 Å². The zero-order valence-corrected chi connectivity index (χ0v) is 29.2. The number of hydrogen-bond donors (Lipinski definition) is 0. The quantitative estimate of drug-likeness (QED) is 0.177. The van der Waals surface area contributed by atoms with Crippen molar-refractivity contribution in [3.05, 3.63) is 54.1 Å². The minimum atomic E-state index is -2.42. The third-order valence-electron chi connectivity index (χ3n) is 9.72. The Labute approximate surface area is 254 Å². The Bertz CT molecular complexity index is 1050. The number of methoxy groups -OCH3 is 1. The van der Waals surface area contributed by atoms with Gasteiger partial charge in [-0.25, -0.2) is 0 Å². The third kappa shape index (κ3) is 8.22. The molecule has 2 saturated heterocycles. The van der Waals surface area contributed by atoms with Crippen LogP contribution in [0.2, 0.25) is 13.3 Å². The standard InChI is InChI=1S/C23H28N3O2.3C4H9.Sn/c1-28-22-10-6-5-9-21(22)25-16-13-24(14-17-25)15-18-26-20(11-12-23(26)27)19-7-3-2-4-8-19;3*1-3-4-2;/h3-10,20H,11-18H2,1H3;3*1,3-4H2,2H3;. The van der Waals surface area contributed by atoms with Gasteiger partial charge in [-0.3, -0.25) is 0 Å². The van der Waals surface area contributed by atoms with Gasteiger partial charge in [0.1, 0.15) is 5.75 Å². The number of amides is 1. The Hall–Kier alpha value is -1.73. The van der Waals surface area contributed by atoms with Crippen molar-refractivity contribution in [1.82, 2.24) is 9.80 Å². The zero-order valence-electron chi connectivity index (χ0n) is 26.4. The summed E-state index contributed by atoms with van der Waals surface area (Å²) >= 11 is -2.42. The van der Waals surface area contributed by atoms with Gasteiger partial charge in [-0.15, -0.1) is 0 Å². The maximum absolute atomic E-state index is 13.0. The van der Waals surface area contributed by atoms with Crippen LogP contribution in [0.3, 0.4) is 0 Å². The summed E-state index contributed by atoms with van der Waals surface area (Å²) in [5, 5.41) is 0. The van der Waals surface area contributed by atoms with E-state index < -0.39 is 18.4 Å². The third-order valence-corrected chi connectivity index (χ3v) is 25.4. The van der Waals surface area contributed by atoms with Crippen molar-refractivity contribution in [2.75, 3.05) is 51.3 Å². The zero-order chi connectivity index (χ0) is 29.1. The van der Waals surface area contributed by atoms with Gasteiger partial charge in [0.25, 0.3) is 0 Å². The van der Waals surface area contributed by atoms with Crippen LogP contribution in [0.25, 0.3) is 0 Å². The predicted octanol–water partition coefficient (Wildman–Crippen LogP) is 7.24. The van der Waals surface area contributed by atoms with Gasteiger partial charge in [0.05, 0.1) is 12.8 Å². The van der Waals surface area contributed by atoms with Crippen LogP contribution in [-0.4, -0.2) is 80.5 Å². The molecule has 1 atom stereocenters. The van der Waals surface area contributed by atoms with E-state index in [9.17, 15) is 4.79 Å². The predicted molar refractivity (Wildman–Crippen MR) is 176 cm³/mol. The molecule has 0 aromatic heterocycles. The van der Waals surface area contributed by atoms with Crippen LogP contribution in [0, 0.1) is 0 Å². The Balaban J connectivity index is 1.39. The van der Waals surface area contributed by atoms with Crippen molar-refractivity contribution < 1.29 is 9.53 Å². The Morgan fingerprint density at radius 1 is 0.805 bits per heavy atom. The number of hydrogen-bond acceptors (Lipinski definition) is 4. The fraction of sp³-hybridized carbons (Fsp3) is 0.629. The molecular weight excluding hydrogens is 613 g/mol. The molecule has 0 spiro atoms. The number of likely N-dealkylation sites (tertiary alicyclic amines) is 1. The molecule has 4 rings (SSSR count). The van der Waals surface area contributed by atoms with Crippen molar-refractivity contribution >= 4 is 33.6 Å². The van der Waals surface area contributed by atoms with Gasteiger partial charge in [-0.1, -0.05) is 12.1 Å². The van der Waals surface area contributed by atoms with E-state index in [0.29, 0.717) is 12.3 Å². The molecule has 2 aliphatic rings. The average Bonchev–Trinajstić information content (AvgIpc) is 3.40. The molecule has 2 fully saturated rings. The Morgan fingerprint density at radius 2 is 1.41 bits per heavy atom. The van der Waals surface area contributed by atoms with Crippen LogP contribution in [0.1, 0.15) is 83.7 Å². The fourth-order valence-electron chi connectivity index (χ4n) is 7.13. The van der Waals surface area contributed by atoms with E-state index in [2.05, 4.69) is 71.9 Å². The molecule has 6 heteroatoms. The van der Waals surface area contributed by atoms with E-state index in [4.69, 9.17) is 4.74 Å². The number of rotatable bonds is 16. The van der Waals surface area contributed by atoms with Crippen molar-refractivity contribution in [2.24, 2.45) is 0 Å². The van der Waals surface area contributed by atoms with E-state index in [-0.39, 0.29) is 6.04 Å². The van der Waals surface area contributed by atoms with Crippen LogP contribution in [-0.2, 0) is 4.79 Å². The SMILES string of the molecule is CCC[CH2][Sn]([CH2]CCC)([CH2]CCC)[c]1ccc(C2CCC(=O)N2CCN2CCN(c3ccccc3OC)CC2)cc1. The number of carbonyl (C=O) groups is 1. The second-order valence-electron chi connectivity index (χ2n) is 12.4. The van der Waals surface area contributed by atoms with Gasteiger partial charge in [-0.05, 0) is 12.1 Å². The molecule has 0 aliphatic carbocycles. The first kappa shape index (κ1) is 32.2. The maximum atomic E-state index is 13.0. The number of carbonyl (C=O) groups excluding carboxylic acids is 1. The van der Waals surface area contributed by atoms with Gasteiger partial charge in [0, 0.05) is 0 Å². The summed E-state index contributed by atoms with van der Waals surface area (Å²) in [6.07, 6.45) is 9.74. The summed E-state index contributed by atoms with van der Waals surface area (Å²) in [4.78, 5) is 20.1. The fourth-order valence-corrected chi connectivity index (χ4v) is 23.1. The second-order valence-corrected chi connectivity index (χ2v) is 25.6. The van der Waals surface area contributed by atoms with E-state index in [0.717, 1.165) is 51.4 Å². The first-order valence-electron chi connectivity index (χ1n) is 16.6. The topological polar surface area (TPSA) is 36.0 Å². The summed E-state index contributed by atoms with van der Waals surface area (Å²) in [5.74, 6) is 1.27. The molecule has 0 N–H and O–H groups in total. The molecule has 5 nitrogen and oxygen atoms in total. The van der Waals surface area contributed by atoms with Gasteiger partial charge < -0.3 is 4.74 Å². The van der Waals surface area contributed by atoms with Gasteiger partial charge in [0.15, 0.2) is 0 Å². The molecular formula is C35H55N3O2Sn. The van der Waals surface area contributed by atoms with E-state index in [1.807, 2.05) is 12.1 Å². The van der Waals surface area contributed by atoms with Crippen molar-refractivity contribution in [3.8, 4) is 5.75 Å². The van der Waals surface area contributed by atoms with Gasteiger partial charge >= 0.3 is 208 Å². The van der Waals surface area contributed by atoms with Crippen molar-refractivity contribution in [1.29, 1.82) is 0 Å². The molecule has 0 bridgehead atoms. The van der Waals surface area contributed by atoms with Crippen molar-refractivity contribution in [2.45, 2.75) is 91.5 Å². The first-order valence-corrected chi connectivity index (χ1v) is 24.0. The number of unbranched alkanes of at least 4 members (excludes halogenated alkanes) is 3. The Kier molecular flexibility index (Phi) is 12.7. The molecule has 41 heavy (non-hydrogen) atoms. The van der Waals surface area contributed by atoms with Crippen LogP contribution in [0.4, 0.5) is 5.69 Å². The number of ether oxygens (including phenoxy) is 1. The molecule has 0 saturated carbocycles. The Morgan fingerprint density at radius 3 is 2.00 bits per heavy atom. The molecule has 2 aromatic rings. The van der Waals surface area contributed by atoms with E-state index >= 15 is 0 Å². The molecule has 2 aromatic carbocycles. The summed E-state index contributed by atoms with van der Waals surface area (Å²) < 4.78 is 11.8. The average molecular weight is 669 g/mol. The first-order chi connectivity index (χ1) is 20.0. The van der Waals surface area contributed by atoms with Crippen LogP contribution in [0.5, 0.6) is 5.75 Å². The molecule has 2 heterocycles. The molecule has 2 aliphatic heterocycles. The van der Waals surface area contributed by atoms with Crippen LogP contribution >= 0.6 is 0 Å². The van der Waals surface area contributed by atoms with E-state index in [1.165, 1.54) is 63.1 Å². The molecule has 0 radical (unpaired) electrons. The van der Waals surface area contributed by atoms with Crippen LogP contribution < -0.4 is 13.2 Å². The second kappa shape index (κ2) is 16.2. The normalized spacial score (nSPS) is 18.3.